The average molecular weight is 430 g/mol. The molecular formula is C23H32FN5O2. The number of nitrogens with one attached hydrogen (secondary N) is 2. The molecule has 0 radical (unpaired) electrons. The molecule has 3 rings (SSSR count). The van der Waals surface area contributed by atoms with Crippen molar-refractivity contribution in [2.24, 2.45) is 4.99 Å². The predicted molar refractivity (Wildman–Crippen MR) is 123 cm³/mol. The Morgan fingerprint density at radius 2 is 1.68 bits per heavy atom. The van der Waals surface area contributed by atoms with E-state index in [9.17, 15) is 4.39 Å². The molecule has 7 nitrogen and oxygen atoms in total. The van der Waals surface area contributed by atoms with E-state index < -0.39 is 0 Å². The van der Waals surface area contributed by atoms with Crippen LogP contribution in [-0.2, 0) is 6.54 Å². The molecule has 1 fully saturated rings. The summed E-state index contributed by atoms with van der Waals surface area (Å²) in [4.78, 5) is 9.03. The Hall–Kier alpha value is -3.00. The van der Waals surface area contributed by atoms with Gasteiger partial charge in [0.05, 0.1) is 14.2 Å². The van der Waals surface area contributed by atoms with Crippen molar-refractivity contribution in [1.82, 2.24) is 15.5 Å². The Bertz CT molecular complexity index is 852. The third-order valence-corrected chi connectivity index (χ3v) is 5.42. The van der Waals surface area contributed by atoms with Crippen LogP contribution in [0.5, 0.6) is 11.5 Å². The summed E-state index contributed by atoms with van der Waals surface area (Å²) < 4.78 is 23.7. The fraction of sp³-hybridized carbons (Fsp3) is 0.435. The van der Waals surface area contributed by atoms with Gasteiger partial charge in [-0.05, 0) is 42.0 Å². The van der Waals surface area contributed by atoms with Crippen LogP contribution in [0, 0.1) is 5.82 Å². The van der Waals surface area contributed by atoms with Gasteiger partial charge in [0.25, 0.3) is 0 Å². The number of guanidine groups is 1. The van der Waals surface area contributed by atoms with Gasteiger partial charge in [0.2, 0.25) is 0 Å². The first-order chi connectivity index (χ1) is 15.1. The molecule has 0 spiro atoms. The number of benzene rings is 2. The third kappa shape index (κ3) is 6.49. The first-order valence-corrected chi connectivity index (χ1v) is 10.5. The van der Waals surface area contributed by atoms with E-state index in [1.165, 1.54) is 12.1 Å². The number of hydrogen-bond acceptors (Lipinski definition) is 5. The van der Waals surface area contributed by atoms with Crippen molar-refractivity contribution in [3.8, 4) is 11.5 Å². The molecule has 1 aliphatic rings. The monoisotopic (exact) mass is 429 g/mol. The minimum Gasteiger partial charge on any atom is -0.493 e. The molecule has 168 valence electrons. The largest absolute Gasteiger partial charge is 0.493 e. The van der Waals surface area contributed by atoms with Gasteiger partial charge < -0.3 is 25.0 Å². The van der Waals surface area contributed by atoms with E-state index in [1.807, 2.05) is 30.3 Å². The summed E-state index contributed by atoms with van der Waals surface area (Å²) in [6, 6.07) is 12.6. The minimum atomic E-state index is -0.193. The lowest BCUT2D eigenvalue weighted by Crippen LogP contribution is -2.49. The molecule has 0 aromatic heterocycles. The third-order valence-electron chi connectivity index (χ3n) is 5.42. The van der Waals surface area contributed by atoms with Crippen LogP contribution in [0.1, 0.15) is 5.56 Å². The summed E-state index contributed by atoms with van der Waals surface area (Å²) >= 11 is 0. The van der Waals surface area contributed by atoms with Gasteiger partial charge in [-0.25, -0.2) is 4.39 Å². The van der Waals surface area contributed by atoms with E-state index in [-0.39, 0.29) is 5.82 Å². The highest BCUT2D eigenvalue weighted by atomic mass is 19.1. The molecule has 0 atom stereocenters. The zero-order valence-electron chi connectivity index (χ0n) is 18.5. The Morgan fingerprint density at radius 3 is 2.32 bits per heavy atom. The lowest BCUT2D eigenvalue weighted by Gasteiger charge is -2.36. The summed E-state index contributed by atoms with van der Waals surface area (Å²) in [5, 5.41) is 6.70. The maximum atomic E-state index is 13.1. The normalized spacial score (nSPS) is 15.0. The smallest absolute Gasteiger partial charge is 0.191 e. The highest BCUT2D eigenvalue weighted by Crippen LogP contribution is 2.27. The van der Waals surface area contributed by atoms with Crippen LogP contribution in [0.4, 0.5) is 10.1 Å². The van der Waals surface area contributed by atoms with Gasteiger partial charge in [-0.1, -0.05) is 6.07 Å². The number of methoxy groups -OCH3 is 2. The van der Waals surface area contributed by atoms with Gasteiger partial charge in [0, 0.05) is 58.5 Å². The number of anilines is 1. The molecule has 1 heterocycles. The lowest BCUT2D eigenvalue weighted by atomic mass is 10.2. The first-order valence-electron chi connectivity index (χ1n) is 10.5. The van der Waals surface area contributed by atoms with E-state index in [2.05, 4.69) is 25.4 Å². The Morgan fingerprint density at radius 1 is 0.968 bits per heavy atom. The molecule has 0 amide bonds. The van der Waals surface area contributed by atoms with Gasteiger partial charge in [0.1, 0.15) is 5.82 Å². The van der Waals surface area contributed by atoms with Crippen LogP contribution in [0.2, 0.25) is 0 Å². The molecule has 1 aliphatic heterocycles. The second kappa shape index (κ2) is 11.4. The van der Waals surface area contributed by atoms with Crippen LogP contribution in [0.25, 0.3) is 0 Å². The number of piperazine rings is 1. The zero-order valence-corrected chi connectivity index (χ0v) is 18.5. The van der Waals surface area contributed by atoms with E-state index >= 15 is 0 Å². The second-order valence-corrected chi connectivity index (χ2v) is 7.35. The van der Waals surface area contributed by atoms with Crippen LogP contribution >= 0.6 is 0 Å². The maximum absolute atomic E-state index is 13.1. The molecule has 31 heavy (non-hydrogen) atoms. The maximum Gasteiger partial charge on any atom is 0.191 e. The molecule has 2 N–H and O–H groups in total. The molecular weight excluding hydrogens is 397 g/mol. The van der Waals surface area contributed by atoms with Crippen LogP contribution in [0.3, 0.4) is 0 Å². The lowest BCUT2D eigenvalue weighted by molar-refractivity contribution is 0.261. The van der Waals surface area contributed by atoms with Crippen LogP contribution in [-0.4, -0.2) is 71.4 Å². The number of nitrogens with zero attached hydrogens (tertiary/aromatic N) is 3. The summed E-state index contributed by atoms with van der Waals surface area (Å²) in [5.41, 5.74) is 2.16. The number of ether oxygens (including phenoxy) is 2. The van der Waals surface area contributed by atoms with Crippen molar-refractivity contribution in [2.75, 3.05) is 65.4 Å². The standard InChI is InChI=1S/C23H32FN5O2/c1-25-23(27-17-18-4-9-21(30-2)22(16-18)31-3)26-10-11-28-12-14-29(15-13-28)20-7-5-19(24)6-8-20/h4-9,16H,10-15,17H2,1-3H3,(H2,25,26,27). The fourth-order valence-electron chi connectivity index (χ4n) is 3.61. The molecule has 2 aromatic rings. The van der Waals surface area contributed by atoms with Crippen molar-refractivity contribution >= 4 is 11.6 Å². The highest BCUT2D eigenvalue weighted by Gasteiger charge is 2.17. The van der Waals surface area contributed by atoms with Gasteiger partial charge in [-0.2, -0.15) is 0 Å². The summed E-state index contributed by atoms with van der Waals surface area (Å²) in [5.74, 6) is 2.00. The van der Waals surface area contributed by atoms with Crippen LogP contribution < -0.4 is 25.0 Å². The van der Waals surface area contributed by atoms with Crippen molar-refractivity contribution in [2.45, 2.75) is 6.54 Å². The van der Waals surface area contributed by atoms with E-state index in [1.54, 1.807) is 21.3 Å². The van der Waals surface area contributed by atoms with Crippen molar-refractivity contribution in [3.63, 3.8) is 0 Å². The topological polar surface area (TPSA) is 61.4 Å². The number of halogens is 1. The summed E-state index contributed by atoms with van der Waals surface area (Å²) in [6.45, 7) is 6.23. The van der Waals surface area contributed by atoms with Gasteiger partial charge >= 0.3 is 0 Å². The summed E-state index contributed by atoms with van der Waals surface area (Å²) in [7, 11) is 5.03. The molecule has 0 unspecified atom stereocenters. The van der Waals surface area contributed by atoms with Gasteiger partial charge in [0.15, 0.2) is 17.5 Å². The Kier molecular flexibility index (Phi) is 8.35. The SMILES string of the molecule is CN=C(NCCN1CCN(c2ccc(F)cc2)CC1)NCc1ccc(OC)c(OC)c1. The van der Waals surface area contributed by atoms with Crippen LogP contribution in [0.15, 0.2) is 47.5 Å². The zero-order chi connectivity index (χ0) is 22.1. The quantitative estimate of drug-likeness (QED) is 0.496. The van der Waals surface area contributed by atoms with E-state index in [4.69, 9.17) is 9.47 Å². The summed E-state index contributed by atoms with van der Waals surface area (Å²) in [6.07, 6.45) is 0. The molecule has 8 heteroatoms. The predicted octanol–water partition coefficient (Wildman–Crippen LogP) is 2.33. The molecule has 2 aromatic carbocycles. The van der Waals surface area contributed by atoms with Crippen molar-refractivity contribution < 1.29 is 13.9 Å². The number of hydrogen-bond donors (Lipinski definition) is 2. The highest BCUT2D eigenvalue weighted by molar-refractivity contribution is 5.79. The fourth-order valence-corrected chi connectivity index (χ4v) is 3.61. The van der Waals surface area contributed by atoms with E-state index in [0.29, 0.717) is 18.0 Å². The molecule has 0 saturated carbocycles. The number of aliphatic imine (C=N–C) groups is 1. The second-order valence-electron chi connectivity index (χ2n) is 7.35. The minimum absolute atomic E-state index is 0.193. The average Bonchev–Trinajstić information content (AvgIpc) is 2.82. The molecule has 0 bridgehead atoms. The Balaban J connectivity index is 1.38. The first kappa shape index (κ1) is 22.7. The molecule has 0 aliphatic carbocycles. The van der Waals surface area contributed by atoms with Crippen molar-refractivity contribution in [1.29, 1.82) is 0 Å². The van der Waals surface area contributed by atoms with Crippen molar-refractivity contribution in [3.05, 3.63) is 53.8 Å². The van der Waals surface area contributed by atoms with Gasteiger partial charge in [-0.3, -0.25) is 9.89 Å². The van der Waals surface area contributed by atoms with E-state index in [0.717, 1.165) is 56.5 Å². The van der Waals surface area contributed by atoms with Gasteiger partial charge in [-0.15, -0.1) is 0 Å². The number of rotatable bonds is 8. The molecule has 1 saturated heterocycles. The Labute approximate surface area is 183 Å².